The summed E-state index contributed by atoms with van der Waals surface area (Å²) in [5.41, 5.74) is 6.74. The van der Waals surface area contributed by atoms with Crippen LogP contribution in [0.4, 0.5) is 0 Å². The van der Waals surface area contributed by atoms with Crippen LogP contribution >= 0.6 is 0 Å². The maximum Gasteiger partial charge on any atom is 0.0898 e. The van der Waals surface area contributed by atoms with Crippen molar-refractivity contribution in [1.82, 2.24) is 5.32 Å². The highest BCUT2D eigenvalue weighted by molar-refractivity contribution is 5.34. The minimum Gasteiger partial charge on any atom is -0.389 e. The first-order valence-electron chi connectivity index (χ1n) is 10.9. The van der Waals surface area contributed by atoms with E-state index in [0.29, 0.717) is 19.1 Å². The Hall–Kier alpha value is -1.68. The number of ether oxygens (including phenoxy) is 1. The minimum atomic E-state index is -0.511. The molecule has 1 aliphatic carbocycles. The number of aliphatic hydroxyl groups is 1. The van der Waals surface area contributed by atoms with Crippen molar-refractivity contribution >= 4 is 0 Å². The van der Waals surface area contributed by atoms with Crippen LogP contribution in [0.1, 0.15) is 61.1 Å². The number of rotatable bonds is 9. The molecule has 158 valence electrons. The molecule has 0 radical (unpaired) electrons. The number of benzene rings is 2. The fourth-order valence-electron chi connectivity index (χ4n) is 4.60. The highest BCUT2D eigenvalue weighted by Gasteiger charge is 2.28. The molecule has 3 nitrogen and oxygen atoms in total. The zero-order valence-electron chi connectivity index (χ0n) is 18.7. The van der Waals surface area contributed by atoms with Crippen molar-refractivity contribution in [3.8, 4) is 0 Å². The van der Waals surface area contributed by atoms with Crippen LogP contribution in [-0.2, 0) is 17.6 Å². The van der Waals surface area contributed by atoms with E-state index in [9.17, 15) is 5.11 Å². The van der Waals surface area contributed by atoms with Gasteiger partial charge in [0.05, 0.1) is 18.8 Å². The van der Waals surface area contributed by atoms with E-state index >= 15 is 0 Å². The number of hydrogen-bond acceptors (Lipinski definition) is 3. The van der Waals surface area contributed by atoms with Crippen LogP contribution in [-0.4, -0.2) is 29.9 Å². The first-order chi connectivity index (χ1) is 13.7. The minimum absolute atomic E-state index is 0.00750. The molecular formula is C26H37NO2. The molecule has 2 N–H and O–H groups in total. The van der Waals surface area contributed by atoms with Gasteiger partial charge in [-0.1, -0.05) is 42.5 Å². The summed E-state index contributed by atoms with van der Waals surface area (Å²) in [6.45, 7) is 11.7. The largest absolute Gasteiger partial charge is 0.389 e. The molecule has 2 aromatic rings. The van der Waals surface area contributed by atoms with Crippen molar-refractivity contribution in [2.24, 2.45) is 5.92 Å². The summed E-state index contributed by atoms with van der Waals surface area (Å²) >= 11 is 0. The van der Waals surface area contributed by atoms with Crippen molar-refractivity contribution in [3.05, 3.63) is 70.3 Å². The Bertz CT molecular complexity index is 789. The molecule has 0 saturated heterocycles. The van der Waals surface area contributed by atoms with Gasteiger partial charge in [-0.3, -0.25) is 0 Å². The molecule has 1 aliphatic rings. The van der Waals surface area contributed by atoms with E-state index in [-0.39, 0.29) is 11.6 Å². The van der Waals surface area contributed by atoms with Crippen molar-refractivity contribution < 1.29 is 9.84 Å². The van der Waals surface area contributed by atoms with Crippen LogP contribution in [0, 0.1) is 19.8 Å². The van der Waals surface area contributed by atoms with Crippen LogP contribution < -0.4 is 5.32 Å². The Morgan fingerprint density at radius 3 is 2.38 bits per heavy atom. The lowest BCUT2D eigenvalue weighted by molar-refractivity contribution is -0.00484. The third kappa shape index (κ3) is 5.91. The van der Waals surface area contributed by atoms with Crippen LogP contribution in [0.25, 0.3) is 0 Å². The highest BCUT2D eigenvalue weighted by atomic mass is 16.5. The second-order valence-electron chi connectivity index (χ2n) is 9.43. The molecule has 2 aromatic carbocycles. The predicted octanol–water partition coefficient (Wildman–Crippen LogP) is 4.92. The second-order valence-corrected chi connectivity index (χ2v) is 9.43. The quantitative estimate of drug-likeness (QED) is 0.633. The van der Waals surface area contributed by atoms with Gasteiger partial charge in [0.2, 0.25) is 0 Å². The first-order valence-corrected chi connectivity index (χ1v) is 10.9. The maximum atomic E-state index is 10.4. The average molecular weight is 396 g/mol. The lowest BCUT2D eigenvalue weighted by atomic mass is 9.88. The normalized spacial score (nSPS) is 16.6. The molecule has 0 amide bonds. The molecule has 0 spiro atoms. The van der Waals surface area contributed by atoms with Gasteiger partial charge in [-0.05, 0) is 87.6 Å². The first kappa shape index (κ1) is 22.0. The molecule has 0 aromatic heterocycles. The van der Waals surface area contributed by atoms with E-state index in [2.05, 4.69) is 82.4 Å². The summed E-state index contributed by atoms with van der Waals surface area (Å²) in [4.78, 5) is 0. The Balaban J connectivity index is 1.42. The van der Waals surface area contributed by atoms with Gasteiger partial charge in [0.1, 0.15) is 0 Å². The summed E-state index contributed by atoms with van der Waals surface area (Å²) in [6, 6.07) is 15.1. The molecule has 3 heteroatoms. The third-order valence-corrected chi connectivity index (χ3v) is 6.37. The molecule has 29 heavy (non-hydrogen) atoms. The lowest BCUT2D eigenvalue weighted by Crippen LogP contribution is -2.45. The average Bonchev–Trinajstić information content (AvgIpc) is 3.08. The SMILES string of the molecule is Cc1cccc([C@@H](C)OC[C@H](O)CNC(C)(C)CC2Cc3ccccc3C2)c1C. The van der Waals surface area contributed by atoms with E-state index in [0.717, 1.165) is 6.42 Å². The molecular weight excluding hydrogens is 358 g/mol. The number of β-amino-alcohol motifs (C(OH)–C–C–N with tert-alkyl or cyclic N) is 1. The number of fused-ring (bicyclic) bond motifs is 1. The molecule has 0 fully saturated rings. The van der Waals surface area contributed by atoms with Crippen molar-refractivity contribution in [1.29, 1.82) is 0 Å². The van der Waals surface area contributed by atoms with Gasteiger partial charge < -0.3 is 15.2 Å². The second kappa shape index (κ2) is 9.42. The van der Waals surface area contributed by atoms with Gasteiger partial charge in [-0.25, -0.2) is 0 Å². The topological polar surface area (TPSA) is 41.5 Å². The summed E-state index contributed by atoms with van der Waals surface area (Å²) in [5, 5.41) is 14.0. The highest BCUT2D eigenvalue weighted by Crippen LogP contribution is 2.32. The Kier molecular flexibility index (Phi) is 7.15. The number of nitrogens with one attached hydrogen (secondary N) is 1. The third-order valence-electron chi connectivity index (χ3n) is 6.37. The summed E-state index contributed by atoms with van der Waals surface area (Å²) < 4.78 is 5.98. The molecule has 0 bridgehead atoms. The van der Waals surface area contributed by atoms with E-state index in [1.54, 1.807) is 0 Å². The van der Waals surface area contributed by atoms with Gasteiger partial charge >= 0.3 is 0 Å². The Morgan fingerprint density at radius 2 is 1.72 bits per heavy atom. The van der Waals surface area contributed by atoms with Crippen LogP contribution in [0.15, 0.2) is 42.5 Å². The van der Waals surface area contributed by atoms with Crippen molar-refractivity contribution in [2.45, 2.75) is 71.6 Å². The molecule has 3 rings (SSSR count). The van der Waals surface area contributed by atoms with E-state index in [4.69, 9.17) is 4.74 Å². The van der Waals surface area contributed by atoms with Gasteiger partial charge in [0.25, 0.3) is 0 Å². The zero-order chi connectivity index (χ0) is 21.0. The molecule has 0 saturated carbocycles. The summed E-state index contributed by atoms with van der Waals surface area (Å²) in [7, 11) is 0. The zero-order valence-corrected chi connectivity index (χ0v) is 18.7. The molecule has 0 aliphatic heterocycles. The van der Waals surface area contributed by atoms with Gasteiger partial charge in [-0.15, -0.1) is 0 Å². The summed E-state index contributed by atoms with van der Waals surface area (Å²) in [5.74, 6) is 0.674. The van der Waals surface area contributed by atoms with E-state index in [1.165, 1.54) is 40.7 Å². The van der Waals surface area contributed by atoms with Gasteiger partial charge in [0, 0.05) is 12.1 Å². The Morgan fingerprint density at radius 1 is 1.07 bits per heavy atom. The standard InChI is InChI=1S/C26H37NO2/c1-18-9-8-12-25(19(18)2)20(3)29-17-24(28)16-27-26(4,5)15-21-13-22-10-6-7-11-23(22)14-21/h6-12,20-21,24,27-28H,13-17H2,1-5H3/t20-,24-/m1/s1. The van der Waals surface area contributed by atoms with Crippen LogP contribution in [0.2, 0.25) is 0 Å². The molecule has 0 unspecified atom stereocenters. The van der Waals surface area contributed by atoms with Crippen molar-refractivity contribution in [3.63, 3.8) is 0 Å². The number of aryl methyl sites for hydroxylation is 1. The van der Waals surface area contributed by atoms with Crippen LogP contribution in [0.3, 0.4) is 0 Å². The maximum absolute atomic E-state index is 10.4. The number of hydrogen-bond donors (Lipinski definition) is 2. The van der Waals surface area contributed by atoms with Crippen LogP contribution in [0.5, 0.6) is 0 Å². The van der Waals surface area contributed by atoms with E-state index in [1.807, 2.05) is 0 Å². The smallest absolute Gasteiger partial charge is 0.0898 e. The van der Waals surface area contributed by atoms with Gasteiger partial charge in [-0.2, -0.15) is 0 Å². The molecule has 0 heterocycles. The lowest BCUT2D eigenvalue weighted by Gasteiger charge is -2.31. The molecule has 2 atom stereocenters. The number of aliphatic hydroxyl groups excluding tert-OH is 1. The van der Waals surface area contributed by atoms with Gasteiger partial charge in [0.15, 0.2) is 0 Å². The predicted molar refractivity (Wildman–Crippen MR) is 120 cm³/mol. The summed E-state index contributed by atoms with van der Waals surface area (Å²) in [6.07, 6.45) is 2.91. The van der Waals surface area contributed by atoms with E-state index < -0.39 is 6.10 Å². The van der Waals surface area contributed by atoms with Crippen molar-refractivity contribution in [2.75, 3.05) is 13.2 Å². The fourth-order valence-corrected chi connectivity index (χ4v) is 4.60. The monoisotopic (exact) mass is 395 g/mol. The Labute approximate surface area is 176 Å². The fraction of sp³-hybridized carbons (Fsp3) is 0.538.